The zero-order chi connectivity index (χ0) is 28.9. The minimum absolute atomic E-state index is 0.0553. The predicted molar refractivity (Wildman–Crippen MR) is 149 cm³/mol. The van der Waals surface area contributed by atoms with Gasteiger partial charge in [0.15, 0.2) is 9.84 Å². The van der Waals surface area contributed by atoms with Crippen molar-refractivity contribution in [3.63, 3.8) is 0 Å². The van der Waals surface area contributed by atoms with Gasteiger partial charge in [-0.25, -0.2) is 8.42 Å². The molecule has 0 spiro atoms. The number of sulfone groups is 1. The Morgan fingerprint density at radius 2 is 1.73 bits per heavy atom. The smallest absolute Gasteiger partial charge is 0.307 e. The fraction of sp³-hybridized carbons (Fsp3) is 0.214. The summed E-state index contributed by atoms with van der Waals surface area (Å²) in [5.41, 5.74) is 1.81. The zero-order valence-corrected chi connectivity index (χ0v) is 22.6. The van der Waals surface area contributed by atoms with Crippen LogP contribution in [0.15, 0.2) is 72.8 Å². The highest BCUT2D eigenvalue weighted by molar-refractivity contribution is 7.90. The van der Waals surface area contributed by atoms with Crippen LogP contribution in [0.25, 0.3) is 22.2 Å². The van der Waals surface area contributed by atoms with Crippen LogP contribution in [-0.2, 0) is 25.1 Å². The number of nitro benzene ring substituents is 1. The zero-order valence-electron chi connectivity index (χ0n) is 21.7. The molecule has 1 heterocycles. The van der Waals surface area contributed by atoms with E-state index in [1.165, 1.54) is 13.2 Å². The SMILES string of the molecule is COC(=O)C[C@H](CS(=O)(=O)Cc1ccc(OC)cc1)NC(=O)c1cc([N+](=O)[O-])c2[nH]c(-c3ccccc3)cc2c1. The highest BCUT2D eigenvalue weighted by atomic mass is 32.2. The molecule has 12 heteroatoms. The maximum atomic E-state index is 13.2. The number of carbonyl (C=O) groups excluding carboxylic acids is 2. The van der Waals surface area contributed by atoms with Crippen molar-refractivity contribution in [1.82, 2.24) is 10.3 Å². The summed E-state index contributed by atoms with van der Waals surface area (Å²) >= 11 is 0. The van der Waals surface area contributed by atoms with Crippen LogP contribution in [-0.4, -0.2) is 56.2 Å². The highest BCUT2D eigenvalue weighted by Gasteiger charge is 2.26. The predicted octanol–water partition coefficient (Wildman–Crippen LogP) is 4.03. The second-order valence-electron chi connectivity index (χ2n) is 9.12. The molecule has 1 aromatic heterocycles. The summed E-state index contributed by atoms with van der Waals surface area (Å²) < 4.78 is 35.7. The van der Waals surface area contributed by atoms with Gasteiger partial charge in [0.05, 0.1) is 43.1 Å². The van der Waals surface area contributed by atoms with E-state index in [0.717, 1.165) is 18.7 Å². The van der Waals surface area contributed by atoms with E-state index < -0.39 is 44.9 Å². The van der Waals surface area contributed by atoms with Gasteiger partial charge in [-0.05, 0) is 35.4 Å². The van der Waals surface area contributed by atoms with Crippen molar-refractivity contribution in [1.29, 1.82) is 0 Å². The number of aromatic nitrogens is 1. The molecule has 11 nitrogen and oxygen atoms in total. The first-order chi connectivity index (χ1) is 19.1. The number of hydrogen-bond acceptors (Lipinski definition) is 8. The summed E-state index contributed by atoms with van der Waals surface area (Å²) in [6, 6.07) is 18.8. The van der Waals surface area contributed by atoms with E-state index in [2.05, 4.69) is 15.0 Å². The molecule has 0 unspecified atom stereocenters. The van der Waals surface area contributed by atoms with Gasteiger partial charge >= 0.3 is 5.97 Å². The van der Waals surface area contributed by atoms with Crippen molar-refractivity contribution in [2.24, 2.45) is 0 Å². The number of carbonyl (C=O) groups is 2. The van der Waals surface area contributed by atoms with Crippen molar-refractivity contribution >= 4 is 38.3 Å². The van der Waals surface area contributed by atoms with E-state index in [4.69, 9.17) is 4.74 Å². The molecule has 4 aromatic rings. The van der Waals surface area contributed by atoms with Gasteiger partial charge in [0.2, 0.25) is 0 Å². The molecule has 4 rings (SSSR count). The number of esters is 1. The molecule has 0 fully saturated rings. The Bertz CT molecular complexity index is 1650. The number of H-pyrrole nitrogens is 1. The van der Waals surface area contributed by atoms with Gasteiger partial charge in [0.1, 0.15) is 11.3 Å². The molecule has 2 N–H and O–H groups in total. The largest absolute Gasteiger partial charge is 0.497 e. The normalized spacial score (nSPS) is 12.1. The Balaban J connectivity index is 1.60. The third-order valence-electron chi connectivity index (χ3n) is 6.23. The molecule has 0 bridgehead atoms. The Labute approximate surface area is 230 Å². The fourth-order valence-electron chi connectivity index (χ4n) is 4.32. The van der Waals surface area contributed by atoms with Crippen LogP contribution in [0.5, 0.6) is 5.75 Å². The molecule has 40 heavy (non-hydrogen) atoms. The minimum Gasteiger partial charge on any atom is -0.497 e. The van der Waals surface area contributed by atoms with Crippen LogP contribution < -0.4 is 10.1 Å². The van der Waals surface area contributed by atoms with E-state index in [-0.39, 0.29) is 22.5 Å². The second-order valence-corrected chi connectivity index (χ2v) is 11.2. The average Bonchev–Trinajstić information content (AvgIpc) is 3.37. The molecule has 0 aliphatic heterocycles. The summed E-state index contributed by atoms with van der Waals surface area (Å²) in [6.07, 6.45) is -0.406. The third-order valence-corrected chi connectivity index (χ3v) is 7.91. The molecule has 3 aromatic carbocycles. The Morgan fingerprint density at radius 1 is 1.02 bits per heavy atom. The lowest BCUT2D eigenvalue weighted by molar-refractivity contribution is -0.383. The highest BCUT2D eigenvalue weighted by Crippen LogP contribution is 2.31. The first kappa shape index (κ1) is 28.3. The third kappa shape index (κ3) is 6.83. The van der Waals surface area contributed by atoms with Gasteiger partial charge in [-0.1, -0.05) is 42.5 Å². The van der Waals surface area contributed by atoms with E-state index in [0.29, 0.717) is 22.4 Å². The van der Waals surface area contributed by atoms with Crippen molar-refractivity contribution < 1.29 is 32.4 Å². The first-order valence-electron chi connectivity index (χ1n) is 12.2. The number of ether oxygens (including phenoxy) is 2. The van der Waals surface area contributed by atoms with Gasteiger partial charge in [-0.15, -0.1) is 0 Å². The Morgan fingerprint density at radius 3 is 2.35 bits per heavy atom. The van der Waals surface area contributed by atoms with Crippen LogP contribution in [0.1, 0.15) is 22.3 Å². The number of nitrogens with zero attached hydrogens (tertiary/aromatic N) is 1. The van der Waals surface area contributed by atoms with Crippen LogP contribution in [0, 0.1) is 10.1 Å². The van der Waals surface area contributed by atoms with Crippen LogP contribution in [0.3, 0.4) is 0 Å². The van der Waals surface area contributed by atoms with Crippen molar-refractivity contribution in [2.45, 2.75) is 18.2 Å². The van der Waals surface area contributed by atoms with Gasteiger partial charge in [-0.3, -0.25) is 19.7 Å². The molecule has 1 amide bonds. The van der Waals surface area contributed by atoms with E-state index in [9.17, 15) is 28.1 Å². The summed E-state index contributed by atoms with van der Waals surface area (Å²) in [5, 5.41) is 14.8. The number of hydrogen-bond donors (Lipinski definition) is 2. The Kier molecular flexibility index (Phi) is 8.49. The van der Waals surface area contributed by atoms with Crippen molar-refractivity contribution in [3.8, 4) is 17.0 Å². The minimum atomic E-state index is -3.80. The Hall–Kier alpha value is -4.71. The topological polar surface area (TPSA) is 158 Å². The van der Waals surface area contributed by atoms with E-state index in [1.54, 1.807) is 30.3 Å². The number of aromatic amines is 1. The quantitative estimate of drug-likeness (QED) is 0.157. The lowest BCUT2D eigenvalue weighted by Gasteiger charge is -2.18. The number of non-ortho nitro benzene ring substituents is 1. The number of methoxy groups -OCH3 is 2. The maximum Gasteiger partial charge on any atom is 0.307 e. The van der Waals surface area contributed by atoms with Crippen LogP contribution in [0.4, 0.5) is 5.69 Å². The molecule has 0 aliphatic carbocycles. The van der Waals surface area contributed by atoms with Gasteiger partial charge in [-0.2, -0.15) is 0 Å². The summed E-state index contributed by atoms with van der Waals surface area (Å²) in [6.45, 7) is 0. The number of amides is 1. The molecule has 0 radical (unpaired) electrons. The summed E-state index contributed by atoms with van der Waals surface area (Å²) in [7, 11) is -1.15. The average molecular weight is 566 g/mol. The first-order valence-corrected chi connectivity index (χ1v) is 14.0. The van der Waals surface area contributed by atoms with Crippen LogP contribution in [0.2, 0.25) is 0 Å². The number of fused-ring (bicyclic) bond motifs is 1. The maximum absolute atomic E-state index is 13.2. The number of nitrogens with one attached hydrogen (secondary N) is 2. The number of rotatable bonds is 11. The molecule has 208 valence electrons. The van der Waals surface area contributed by atoms with Gasteiger partial charge in [0.25, 0.3) is 11.6 Å². The molecule has 0 aliphatic rings. The summed E-state index contributed by atoms with van der Waals surface area (Å²) in [5.74, 6) is -1.79. The van der Waals surface area contributed by atoms with Crippen molar-refractivity contribution in [3.05, 3.63) is 94.0 Å². The molecular formula is C28H27N3O8S. The summed E-state index contributed by atoms with van der Waals surface area (Å²) in [4.78, 5) is 39.6. The monoisotopic (exact) mass is 565 g/mol. The molecule has 0 saturated heterocycles. The molecular weight excluding hydrogens is 538 g/mol. The van der Waals surface area contributed by atoms with Gasteiger partial charge < -0.3 is 19.8 Å². The van der Waals surface area contributed by atoms with E-state index >= 15 is 0 Å². The lowest BCUT2D eigenvalue weighted by Crippen LogP contribution is -2.41. The standard InChI is InChI=1S/C28H27N3O8S/c1-38-23-10-8-18(9-11-23)16-40(36,37)17-22(15-26(32)39-2)29-28(33)21-12-20-13-24(19-6-4-3-5-7-19)30-27(20)25(14-21)31(34)35/h3-14,22,30H,15-17H2,1-2H3,(H,29,33)/t22-/m1/s1. The number of benzene rings is 3. The molecule has 0 saturated carbocycles. The van der Waals surface area contributed by atoms with Crippen molar-refractivity contribution in [2.75, 3.05) is 20.0 Å². The molecule has 1 atom stereocenters. The van der Waals surface area contributed by atoms with E-state index in [1.807, 2.05) is 30.3 Å². The second kappa shape index (κ2) is 12.0. The number of nitro groups is 1. The fourth-order valence-corrected chi connectivity index (χ4v) is 5.95. The van der Waals surface area contributed by atoms with Gasteiger partial charge in [0, 0.05) is 22.7 Å². The van der Waals surface area contributed by atoms with Crippen LogP contribution >= 0.6 is 0 Å². The lowest BCUT2D eigenvalue weighted by atomic mass is 10.1.